The maximum absolute atomic E-state index is 9.47. The molecule has 0 amide bonds. The lowest BCUT2D eigenvalue weighted by molar-refractivity contribution is 0.0727. The molecule has 0 heterocycles. The summed E-state index contributed by atoms with van der Waals surface area (Å²) in [5, 5.41) is 12.6. The van der Waals surface area contributed by atoms with Crippen LogP contribution in [0, 0.1) is 0 Å². The molecule has 0 saturated carbocycles. The summed E-state index contributed by atoms with van der Waals surface area (Å²) in [6, 6.07) is 7.70. The Morgan fingerprint density at radius 3 is 2.59 bits per heavy atom. The van der Waals surface area contributed by atoms with Crippen LogP contribution < -0.4 is 10.1 Å². The van der Waals surface area contributed by atoms with Gasteiger partial charge >= 0.3 is 0 Å². The van der Waals surface area contributed by atoms with Crippen molar-refractivity contribution in [2.45, 2.75) is 19.4 Å². The maximum Gasteiger partial charge on any atom is 0.119 e. The quantitative estimate of drug-likeness (QED) is 0.727. The molecule has 4 nitrogen and oxygen atoms in total. The van der Waals surface area contributed by atoms with Gasteiger partial charge in [-0.1, -0.05) is 6.92 Å². The normalized spacial score (nSPS) is 12.2. The molecule has 1 rings (SSSR count). The van der Waals surface area contributed by atoms with Gasteiger partial charge in [0.05, 0.1) is 19.3 Å². The molecule has 0 aliphatic heterocycles. The fourth-order valence-corrected chi connectivity index (χ4v) is 1.38. The highest BCUT2D eigenvalue weighted by Crippen LogP contribution is 2.15. The number of anilines is 1. The highest BCUT2D eigenvalue weighted by atomic mass is 16.5. The summed E-state index contributed by atoms with van der Waals surface area (Å²) in [5.74, 6) is 0.870. The summed E-state index contributed by atoms with van der Waals surface area (Å²) in [4.78, 5) is 0. The summed E-state index contributed by atoms with van der Waals surface area (Å²) in [6.07, 6.45) is 0.513. The van der Waals surface area contributed by atoms with Crippen LogP contribution in [0.5, 0.6) is 5.75 Å². The van der Waals surface area contributed by atoms with Gasteiger partial charge in [0, 0.05) is 19.3 Å². The predicted octanol–water partition coefficient (Wildman–Crippen LogP) is 1.89. The van der Waals surface area contributed by atoms with Crippen LogP contribution in [0.15, 0.2) is 24.3 Å². The molecule has 17 heavy (non-hydrogen) atoms. The first-order valence-electron chi connectivity index (χ1n) is 5.90. The van der Waals surface area contributed by atoms with Crippen LogP contribution in [0.4, 0.5) is 5.69 Å². The minimum absolute atomic E-state index is 0.338. The van der Waals surface area contributed by atoms with Gasteiger partial charge in [0.25, 0.3) is 0 Å². The molecule has 0 aliphatic carbocycles. The first-order chi connectivity index (χ1) is 8.26. The second-order valence-corrected chi connectivity index (χ2v) is 3.86. The van der Waals surface area contributed by atoms with Crippen molar-refractivity contribution in [1.82, 2.24) is 0 Å². The van der Waals surface area contributed by atoms with Crippen molar-refractivity contribution < 1.29 is 14.6 Å². The first-order valence-corrected chi connectivity index (χ1v) is 5.90. The van der Waals surface area contributed by atoms with Gasteiger partial charge < -0.3 is 19.9 Å². The Labute approximate surface area is 103 Å². The zero-order chi connectivity index (χ0) is 12.5. The van der Waals surface area contributed by atoms with Crippen molar-refractivity contribution in [2.75, 3.05) is 32.2 Å². The SMILES string of the molecule is CCCOc1ccc(NCC(O)COC)cc1. The number of rotatable bonds is 8. The minimum atomic E-state index is -0.490. The van der Waals surface area contributed by atoms with E-state index in [0.29, 0.717) is 13.2 Å². The lowest BCUT2D eigenvalue weighted by Crippen LogP contribution is -2.24. The molecule has 0 bridgehead atoms. The van der Waals surface area contributed by atoms with E-state index in [1.54, 1.807) is 7.11 Å². The molecule has 0 spiro atoms. The summed E-state index contributed by atoms with van der Waals surface area (Å²) < 4.78 is 10.3. The molecule has 2 N–H and O–H groups in total. The fraction of sp³-hybridized carbons (Fsp3) is 0.538. The van der Waals surface area contributed by atoms with Gasteiger partial charge in [-0.05, 0) is 30.7 Å². The molecule has 1 atom stereocenters. The minimum Gasteiger partial charge on any atom is -0.494 e. The van der Waals surface area contributed by atoms with Gasteiger partial charge in [-0.2, -0.15) is 0 Å². The third-order valence-corrected chi connectivity index (χ3v) is 2.23. The summed E-state index contributed by atoms with van der Waals surface area (Å²) in [6.45, 7) is 3.63. The molecule has 4 heteroatoms. The molecule has 1 aromatic rings. The van der Waals surface area contributed by atoms with E-state index < -0.39 is 6.10 Å². The topological polar surface area (TPSA) is 50.7 Å². The third-order valence-electron chi connectivity index (χ3n) is 2.23. The average molecular weight is 239 g/mol. The van der Waals surface area contributed by atoms with E-state index in [1.807, 2.05) is 24.3 Å². The van der Waals surface area contributed by atoms with E-state index in [-0.39, 0.29) is 0 Å². The van der Waals surface area contributed by atoms with Crippen LogP contribution in [0.2, 0.25) is 0 Å². The van der Waals surface area contributed by atoms with Crippen LogP contribution in [-0.4, -0.2) is 38.1 Å². The molecule has 96 valence electrons. The Hall–Kier alpha value is -1.26. The fourth-order valence-electron chi connectivity index (χ4n) is 1.38. The van der Waals surface area contributed by atoms with Crippen molar-refractivity contribution in [3.8, 4) is 5.75 Å². The number of aliphatic hydroxyl groups is 1. The highest BCUT2D eigenvalue weighted by molar-refractivity contribution is 5.46. The standard InChI is InChI=1S/C13H21NO3/c1-3-8-17-13-6-4-11(5-7-13)14-9-12(15)10-16-2/h4-7,12,14-15H,3,8-10H2,1-2H3. The number of aliphatic hydroxyl groups excluding tert-OH is 1. The van der Waals surface area contributed by atoms with Gasteiger partial charge in [0.15, 0.2) is 0 Å². The Balaban J connectivity index is 2.34. The summed E-state index contributed by atoms with van der Waals surface area (Å²) >= 11 is 0. The van der Waals surface area contributed by atoms with E-state index in [1.165, 1.54) is 0 Å². The van der Waals surface area contributed by atoms with Gasteiger partial charge in [0.2, 0.25) is 0 Å². The van der Waals surface area contributed by atoms with Crippen LogP contribution in [0.1, 0.15) is 13.3 Å². The summed E-state index contributed by atoms with van der Waals surface area (Å²) in [7, 11) is 1.57. The largest absolute Gasteiger partial charge is 0.494 e. The van der Waals surface area contributed by atoms with Crippen LogP contribution in [0.25, 0.3) is 0 Å². The van der Waals surface area contributed by atoms with Crippen molar-refractivity contribution >= 4 is 5.69 Å². The number of benzene rings is 1. The Bertz CT molecular complexity index is 300. The smallest absolute Gasteiger partial charge is 0.119 e. The average Bonchev–Trinajstić information content (AvgIpc) is 2.35. The van der Waals surface area contributed by atoms with Crippen molar-refractivity contribution in [2.24, 2.45) is 0 Å². The van der Waals surface area contributed by atoms with Crippen LogP contribution >= 0.6 is 0 Å². The van der Waals surface area contributed by atoms with E-state index in [4.69, 9.17) is 9.47 Å². The monoisotopic (exact) mass is 239 g/mol. The molecule has 1 aromatic carbocycles. The zero-order valence-electron chi connectivity index (χ0n) is 10.5. The van der Waals surface area contributed by atoms with E-state index in [0.717, 1.165) is 24.5 Å². The number of hydrogen-bond acceptors (Lipinski definition) is 4. The van der Waals surface area contributed by atoms with Crippen LogP contribution in [0.3, 0.4) is 0 Å². The molecule has 0 radical (unpaired) electrons. The second kappa shape index (κ2) is 7.92. The first kappa shape index (κ1) is 13.8. The van der Waals surface area contributed by atoms with Gasteiger partial charge in [-0.25, -0.2) is 0 Å². The van der Waals surface area contributed by atoms with Crippen molar-refractivity contribution in [3.63, 3.8) is 0 Å². The van der Waals surface area contributed by atoms with Gasteiger partial charge in [-0.3, -0.25) is 0 Å². The van der Waals surface area contributed by atoms with Crippen molar-refractivity contribution in [1.29, 1.82) is 0 Å². The van der Waals surface area contributed by atoms with E-state index >= 15 is 0 Å². The molecule has 0 fully saturated rings. The second-order valence-electron chi connectivity index (χ2n) is 3.86. The number of hydrogen-bond donors (Lipinski definition) is 2. The maximum atomic E-state index is 9.47. The Morgan fingerprint density at radius 1 is 1.29 bits per heavy atom. The predicted molar refractivity (Wildman–Crippen MR) is 68.6 cm³/mol. The zero-order valence-corrected chi connectivity index (χ0v) is 10.5. The number of methoxy groups -OCH3 is 1. The summed E-state index contributed by atoms with van der Waals surface area (Å²) in [5.41, 5.74) is 0.962. The van der Waals surface area contributed by atoms with Crippen molar-refractivity contribution in [3.05, 3.63) is 24.3 Å². The van der Waals surface area contributed by atoms with Gasteiger partial charge in [-0.15, -0.1) is 0 Å². The Morgan fingerprint density at radius 2 is 2.00 bits per heavy atom. The van der Waals surface area contributed by atoms with Crippen LogP contribution in [-0.2, 0) is 4.74 Å². The van der Waals surface area contributed by atoms with Gasteiger partial charge in [0.1, 0.15) is 5.75 Å². The molecule has 1 unspecified atom stereocenters. The number of ether oxygens (including phenoxy) is 2. The molecular weight excluding hydrogens is 218 g/mol. The molecule has 0 saturated heterocycles. The third kappa shape index (κ3) is 5.56. The lowest BCUT2D eigenvalue weighted by atomic mass is 10.3. The highest BCUT2D eigenvalue weighted by Gasteiger charge is 2.02. The number of nitrogens with one attached hydrogen (secondary N) is 1. The van der Waals surface area contributed by atoms with E-state index in [2.05, 4.69) is 12.2 Å². The molecule has 0 aromatic heterocycles. The lowest BCUT2D eigenvalue weighted by Gasteiger charge is -2.12. The molecule has 0 aliphatic rings. The molecular formula is C13H21NO3. The Kier molecular flexibility index (Phi) is 6.43. The van der Waals surface area contributed by atoms with E-state index in [9.17, 15) is 5.11 Å².